The average Bonchev–Trinajstić information content (AvgIpc) is 2.19. The first kappa shape index (κ1) is 10.7. The summed E-state index contributed by atoms with van der Waals surface area (Å²) < 4.78 is 18.5. The second-order valence-corrected chi connectivity index (χ2v) is 4.40. The molecule has 0 radical (unpaired) electrons. The van der Waals surface area contributed by atoms with E-state index in [1.807, 2.05) is 0 Å². The van der Waals surface area contributed by atoms with Crippen molar-refractivity contribution in [3.8, 4) is 5.75 Å². The molecule has 0 aromatic heterocycles. The van der Waals surface area contributed by atoms with Gasteiger partial charge in [0.2, 0.25) is 0 Å². The fourth-order valence-electron chi connectivity index (χ4n) is 1.76. The molecule has 0 fully saturated rings. The smallest absolute Gasteiger partial charge is 0.185 e. The molecule has 1 heterocycles. The first-order chi connectivity index (χ1) is 7.13. The number of aryl methyl sites for hydroxylation is 1. The van der Waals surface area contributed by atoms with Crippen LogP contribution >= 0.6 is 11.6 Å². The van der Waals surface area contributed by atoms with Crippen molar-refractivity contribution in [2.45, 2.75) is 24.3 Å². The summed E-state index contributed by atoms with van der Waals surface area (Å²) in [6.07, 6.45) is 1.65. The van der Waals surface area contributed by atoms with Crippen molar-refractivity contribution in [2.24, 2.45) is 0 Å². The van der Waals surface area contributed by atoms with E-state index in [1.54, 1.807) is 6.07 Å². The van der Waals surface area contributed by atoms with Gasteiger partial charge in [-0.1, -0.05) is 11.6 Å². The van der Waals surface area contributed by atoms with Gasteiger partial charge in [0.05, 0.1) is 0 Å². The van der Waals surface area contributed by atoms with E-state index >= 15 is 0 Å². The Kier molecular flexibility index (Phi) is 2.85. The molecule has 1 aliphatic heterocycles. The lowest BCUT2D eigenvalue weighted by Gasteiger charge is -2.33. The van der Waals surface area contributed by atoms with Crippen LogP contribution in [0.4, 0.5) is 4.39 Å². The van der Waals surface area contributed by atoms with E-state index in [2.05, 4.69) is 0 Å². The minimum absolute atomic E-state index is 0.0139. The molecular formula is C11H12ClFO2. The Morgan fingerprint density at radius 3 is 3.07 bits per heavy atom. The third kappa shape index (κ3) is 2.24. The number of aliphatic hydroxyl groups excluding tert-OH is 1. The van der Waals surface area contributed by atoms with Crippen LogP contribution in [-0.2, 0) is 6.42 Å². The topological polar surface area (TPSA) is 29.5 Å². The summed E-state index contributed by atoms with van der Waals surface area (Å²) in [5.41, 5.74) is 0.837. The molecule has 0 amide bonds. The Morgan fingerprint density at radius 2 is 2.33 bits per heavy atom. The number of aliphatic hydroxyl groups is 1. The number of hydrogen-bond acceptors (Lipinski definition) is 2. The third-order valence-electron chi connectivity index (χ3n) is 2.57. The van der Waals surface area contributed by atoms with Crippen LogP contribution in [0.2, 0.25) is 0 Å². The molecule has 82 valence electrons. The molecular weight excluding hydrogens is 219 g/mol. The average molecular weight is 231 g/mol. The maximum atomic E-state index is 12.9. The number of rotatable bonds is 2. The zero-order valence-corrected chi connectivity index (χ0v) is 8.93. The molecule has 0 saturated heterocycles. The molecule has 4 heteroatoms. The minimum atomic E-state index is -0.834. The number of fused-ring (bicyclic) bond motifs is 1. The van der Waals surface area contributed by atoms with Crippen LogP contribution in [0.1, 0.15) is 18.4 Å². The van der Waals surface area contributed by atoms with E-state index in [-0.39, 0.29) is 12.4 Å². The quantitative estimate of drug-likeness (QED) is 0.791. The normalized spacial score (nSPS) is 24.5. The van der Waals surface area contributed by atoms with Crippen LogP contribution in [0.3, 0.4) is 0 Å². The van der Waals surface area contributed by atoms with E-state index < -0.39 is 5.06 Å². The van der Waals surface area contributed by atoms with E-state index in [1.165, 1.54) is 12.1 Å². The van der Waals surface area contributed by atoms with Gasteiger partial charge in [-0.25, -0.2) is 4.39 Å². The highest BCUT2D eigenvalue weighted by atomic mass is 35.5. The van der Waals surface area contributed by atoms with Crippen molar-refractivity contribution in [3.63, 3.8) is 0 Å². The zero-order valence-electron chi connectivity index (χ0n) is 8.17. The lowest BCUT2D eigenvalue weighted by atomic mass is 10.00. The molecule has 0 bridgehead atoms. The predicted molar refractivity (Wildman–Crippen MR) is 55.6 cm³/mol. The van der Waals surface area contributed by atoms with Crippen LogP contribution in [0.5, 0.6) is 5.75 Å². The van der Waals surface area contributed by atoms with Crippen molar-refractivity contribution in [1.29, 1.82) is 0 Å². The summed E-state index contributed by atoms with van der Waals surface area (Å²) in [6, 6.07) is 4.39. The van der Waals surface area contributed by atoms with Gasteiger partial charge in [-0.3, -0.25) is 0 Å². The number of ether oxygens (including phenoxy) is 1. The van der Waals surface area contributed by atoms with Gasteiger partial charge in [0, 0.05) is 19.4 Å². The molecule has 15 heavy (non-hydrogen) atoms. The second kappa shape index (κ2) is 3.99. The van der Waals surface area contributed by atoms with Gasteiger partial charge in [-0.2, -0.15) is 0 Å². The Hall–Kier alpha value is -0.800. The zero-order chi connectivity index (χ0) is 10.9. The highest BCUT2D eigenvalue weighted by molar-refractivity contribution is 6.23. The standard InChI is InChI=1S/C11H12ClFO2/c12-11(5-6-14)4-3-8-7-9(13)1-2-10(8)15-11/h1-2,7,14H,3-6H2. The second-order valence-electron chi connectivity index (χ2n) is 3.71. The maximum Gasteiger partial charge on any atom is 0.185 e. The monoisotopic (exact) mass is 230 g/mol. The summed E-state index contributed by atoms with van der Waals surface area (Å²) in [6.45, 7) is -0.0139. The SMILES string of the molecule is OCCC1(Cl)CCc2cc(F)ccc2O1. The molecule has 1 aromatic rings. The van der Waals surface area contributed by atoms with Crippen molar-refractivity contribution < 1.29 is 14.2 Å². The summed E-state index contributed by atoms with van der Waals surface area (Å²) >= 11 is 6.17. The summed E-state index contributed by atoms with van der Waals surface area (Å²) in [7, 11) is 0. The Labute approximate surface area is 92.6 Å². The highest BCUT2D eigenvalue weighted by Gasteiger charge is 2.33. The lowest BCUT2D eigenvalue weighted by molar-refractivity contribution is 0.0963. The van der Waals surface area contributed by atoms with Crippen LogP contribution in [0.15, 0.2) is 18.2 Å². The Bertz CT molecular complexity index is 370. The summed E-state index contributed by atoms with van der Waals surface area (Å²) in [4.78, 5) is 0. The van der Waals surface area contributed by atoms with Crippen LogP contribution < -0.4 is 4.74 Å². The van der Waals surface area contributed by atoms with Crippen molar-refractivity contribution >= 4 is 11.6 Å². The number of alkyl halides is 1. The van der Waals surface area contributed by atoms with Gasteiger partial charge in [0.1, 0.15) is 11.6 Å². The highest BCUT2D eigenvalue weighted by Crippen LogP contribution is 2.37. The van der Waals surface area contributed by atoms with Crippen LogP contribution in [-0.4, -0.2) is 16.8 Å². The van der Waals surface area contributed by atoms with Crippen LogP contribution in [0, 0.1) is 5.82 Å². The number of benzene rings is 1. The van der Waals surface area contributed by atoms with Gasteiger partial charge < -0.3 is 9.84 Å². The molecule has 1 atom stereocenters. The molecule has 2 nitrogen and oxygen atoms in total. The molecule has 0 spiro atoms. The Balaban J connectivity index is 2.23. The van der Waals surface area contributed by atoms with E-state index in [0.717, 1.165) is 5.56 Å². The molecule has 0 aliphatic carbocycles. The maximum absolute atomic E-state index is 12.9. The van der Waals surface area contributed by atoms with E-state index in [0.29, 0.717) is 25.0 Å². The number of hydrogen-bond donors (Lipinski definition) is 1. The van der Waals surface area contributed by atoms with Gasteiger partial charge in [-0.05, 0) is 30.2 Å². The minimum Gasteiger partial charge on any atom is -0.472 e. The van der Waals surface area contributed by atoms with Crippen molar-refractivity contribution in [3.05, 3.63) is 29.6 Å². The molecule has 2 rings (SSSR count). The fraction of sp³-hybridized carbons (Fsp3) is 0.455. The van der Waals surface area contributed by atoms with Gasteiger partial charge >= 0.3 is 0 Å². The lowest BCUT2D eigenvalue weighted by Crippen LogP contribution is -2.34. The molecule has 1 N–H and O–H groups in total. The third-order valence-corrected chi connectivity index (χ3v) is 3.02. The van der Waals surface area contributed by atoms with E-state index in [4.69, 9.17) is 21.4 Å². The van der Waals surface area contributed by atoms with Gasteiger partial charge in [0.25, 0.3) is 0 Å². The van der Waals surface area contributed by atoms with Gasteiger partial charge in [-0.15, -0.1) is 0 Å². The molecule has 0 saturated carbocycles. The molecule has 1 aliphatic rings. The van der Waals surface area contributed by atoms with Crippen molar-refractivity contribution in [2.75, 3.05) is 6.61 Å². The van der Waals surface area contributed by atoms with Crippen molar-refractivity contribution in [1.82, 2.24) is 0 Å². The molecule has 1 unspecified atom stereocenters. The predicted octanol–water partition coefficient (Wildman–Crippen LogP) is 2.47. The van der Waals surface area contributed by atoms with E-state index in [9.17, 15) is 4.39 Å². The fourth-order valence-corrected chi connectivity index (χ4v) is 2.02. The summed E-state index contributed by atoms with van der Waals surface area (Å²) in [5.74, 6) is 0.354. The summed E-state index contributed by atoms with van der Waals surface area (Å²) in [5, 5.41) is 8.02. The first-order valence-electron chi connectivity index (χ1n) is 4.90. The first-order valence-corrected chi connectivity index (χ1v) is 5.28. The van der Waals surface area contributed by atoms with Crippen LogP contribution in [0.25, 0.3) is 0 Å². The van der Waals surface area contributed by atoms with Gasteiger partial charge in [0.15, 0.2) is 5.06 Å². The number of halogens is 2. The Morgan fingerprint density at radius 1 is 1.53 bits per heavy atom. The molecule has 1 aromatic carbocycles. The largest absolute Gasteiger partial charge is 0.472 e.